The molecule has 0 spiro atoms. The fourth-order valence-corrected chi connectivity index (χ4v) is 1.92. The molecule has 1 heterocycles. The number of aryl methyl sites for hydroxylation is 1. The molecule has 1 rings (SSSR count). The maximum Gasteiger partial charge on any atom is 0.355 e. The summed E-state index contributed by atoms with van der Waals surface area (Å²) in [7, 11) is 0. The van der Waals surface area contributed by atoms with Crippen LogP contribution in [0.25, 0.3) is 0 Å². The number of aromatic amines is 1. The Labute approximate surface area is 123 Å². The van der Waals surface area contributed by atoms with Gasteiger partial charge in [0.15, 0.2) is 6.61 Å². The summed E-state index contributed by atoms with van der Waals surface area (Å²) >= 11 is 0. The number of carbonyl (C=O) groups excluding carboxylic acids is 3. The second kappa shape index (κ2) is 7.47. The minimum atomic E-state index is -0.683. The predicted molar refractivity (Wildman–Crippen MR) is 75.2 cm³/mol. The molecule has 0 aromatic carbocycles. The van der Waals surface area contributed by atoms with E-state index in [1.165, 1.54) is 0 Å². The van der Waals surface area contributed by atoms with Gasteiger partial charge in [-0.1, -0.05) is 0 Å². The van der Waals surface area contributed by atoms with Crippen LogP contribution < -0.4 is 5.32 Å². The van der Waals surface area contributed by atoms with Crippen LogP contribution in [0.2, 0.25) is 0 Å². The molecule has 1 amide bonds. The minimum absolute atomic E-state index is 0.153. The Morgan fingerprint density at radius 3 is 2.33 bits per heavy atom. The molecule has 116 valence electrons. The summed E-state index contributed by atoms with van der Waals surface area (Å²) in [4.78, 5) is 37.8. The van der Waals surface area contributed by atoms with Crippen LogP contribution in [-0.2, 0) is 14.3 Å². The Hall–Kier alpha value is -2.31. The molecular weight excluding hydrogens is 276 g/mol. The number of nitrogens with one attached hydrogen (secondary N) is 2. The Balaban J connectivity index is 2.84. The van der Waals surface area contributed by atoms with Crippen LogP contribution in [-0.4, -0.2) is 42.6 Å². The maximum absolute atomic E-state index is 11.9. The Morgan fingerprint density at radius 2 is 1.76 bits per heavy atom. The zero-order valence-corrected chi connectivity index (χ0v) is 12.7. The van der Waals surface area contributed by atoms with Gasteiger partial charge in [0.05, 0.1) is 12.2 Å². The van der Waals surface area contributed by atoms with Crippen LogP contribution in [0.1, 0.15) is 46.0 Å². The van der Waals surface area contributed by atoms with Crippen molar-refractivity contribution in [2.45, 2.75) is 27.7 Å². The summed E-state index contributed by atoms with van der Waals surface area (Å²) in [5, 5.41) is 2.52. The normalized spacial score (nSPS) is 10.1. The van der Waals surface area contributed by atoms with Gasteiger partial charge in [-0.25, -0.2) is 9.59 Å². The molecule has 0 aliphatic rings. The molecule has 1 aromatic rings. The molecule has 1 aromatic heterocycles. The van der Waals surface area contributed by atoms with Crippen LogP contribution in [0.4, 0.5) is 0 Å². The van der Waals surface area contributed by atoms with E-state index in [1.807, 2.05) is 0 Å². The van der Waals surface area contributed by atoms with Crippen LogP contribution in [0.15, 0.2) is 0 Å². The van der Waals surface area contributed by atoms with E-state index in [-0.39, 0.29) is 24.8 Å². The van der Waals surface area contributed by atoms with Gasteiger partial charge < -0.3 is 19.8 Å². The van der Waals surface area contributed by atoms with Gasteiger partial charge in [0.2, 0.25) is 0 Å². The average molecular weight is 296 g/mol. The van der Waals surface area contributed by atoms with Crippen LogP contribution >= 0.6 is 0 Å². The van der Waals surface area contributed by atoms with E-state index < -0.39 is 11.9 Å². The highest BCUT2D eigenvalue weighted by Crippen LogP contribution is 2.19. The van der Waals surface area contributed by atoms with E-state index in [0.717, 1.165) is 0 Å². The summed E-state index contributed by atoms with van der Waals surface area (Å²) < 4.78 is 9.83. The first-order chi connectivity index (χ1) is 9.92. The van der Waals surface area contributed by atoms with Crippen molar-refractivity contribution in [2.75, 3.05) is 19.8 Å². The number of H-pyrrole nitrogens is 1. The number of ether oxygens (including phenoxy) is 2. The van der Waals surface area contributed by atoms with E-state index in [1.54, 1.807) is 27.7 Å². The van der Waals surface area contributed by atoms with Gasteiger partial charge in [-0.3, -0.25) is 4.79 Å². The largest absolute Gasteiger partial charge is 0.462 e. The molecule has 21 heavy (non-hydrogen) atoms. The van der Waals surface area contributed by atoms with Crippen molar-refractivity contribution in [1.29, 1.82) is 0 Å². The molecule has 0 bridgehead atoms. The van der Waals surface area contributed by atoms with Crippen molar-refractivity contribution in [3.63, 3.8) is 0 Å². The van der Waals surface area contributed by atoms with Gasteiger partial charge in [0.25, 0.3) is 5.91 Å². The summed E-state index contributed by atoms with van der Waals surface area (Å²) in [6.07, 6.45) is 0. The van der Waals surface area contributed by atoms with E-state index >= 15 is 0 Å². The van der Waals surface area contributed by atoms with Gasteiger partial charge in [0, 0.05) is 12.2 Å². The lowest BCUT2D eigenvalue weighted by molar-refractivity contribution is -0.124. The van der Waals surface area contributed by atoms with Crippen LogP contribution in [0, 0.1) is 13.8 Å². The molecule has 0 unspecified atom stereocenters. The van der Waals surface area contributed by atoms with E-state index in [2.05, 4.69) is 10.3 Å². The third kappa shape index (κ3) is 4.08. The first kappa shape index (κ1) is 16.7. The third-order valence-electron chi connectivity index (χ3n) is 2.83. The van der Waals surface area contributed by atoms with Crippen molar-refractivity contribution in [2.24, 2.45) is 0 Å². The average Bonchev–Trinajstić information content (AvgIpc) is 2.72. The molecule has 0 radical (unpaired) electrons. The summed E-state index contributed by atoms with van der Waals surface area (Å²) in [5.74, 6) is -1.55. The standard InChI is InChI=1S/C14H20N2O5/c1-5-15-10(17)7-21-14(19)12-8(3)11(9(4)16-12)13(18)20-6-2/h16H,5-7H2,1-4H3,(H,15,17). The molecule has 7 nitrogen and oxygen atoms in total. The molecule has 0 aliphatic heterocycles. The molecular formula is C14H20N2O5. The zero-order valence-electron chi connectivity index (χ0n) is 12.7. The zero-order chi connectivity index (χ0) is 16.0. The topological polar surface area (TPSA) is 97.5 Å². The van der Waals surface area contributed by atoms with Crippen molar-refractivity contribution in [1.82, 2.24) is 10.3 Å². The second-order valence-corrected chi connectivity index (χ2v) is 4.38. The lowest BCUT2D eigenvalue weighted by Crippen LogP contribution is -2.28. The Morgan fingerprint density at radius 1 is 1.10 bits per heavy atom. The number of hydrogen-bond donors (Lipinski definition) is 2. The molecule has 0 aliphatic carbocycles. The number of likely N-dealkylation sites (N-methyl/N-ethyl adjacent to an activating group) is 1. The highest BCUT2D eigenvalue weighted by atomic mass is 16.5. The quantitative estimate of drug-likeness (QED) is 0.766. The molecule has 2 N–H and O–H groups in total. The van der Waals surface area contributed by atoms with Crippen molar-refractivity contribution in [3.8, 4) is 0 Å². The Kier molecular flexibility index (Phi) is 5.95. The fourth-order valence-electron chi connectivity index (χ4n) is 1.92. The van der Waals surface area contributed by atoms with Gasteiger partial charge in [0.1, 0.15) is 5.69 Å². The number of hydrogen-bond acceptors (Lipinski definition) is 5. The number of amides is 1. The van der Waals surface area contributed by atoms with Gasteiger partial charge >= 0.3 is 11.9 Å². The summed E-state index contributed by atoms with van der Waals surface area (Å²) in [6, 6.07) is 0. The van der Waals surface area contributed by atoms with E-state index in [0.29, 0.717) is 23.4 Å². The first-order valence-electron chi connectivity index (χ1n) is 6.72. The third-order valence-corrected chi connectivity index (χ3v) is 2.83. The smallest absolute Gasteiger partial charge is 0.355 e. The molecule has 0 saturated heterocycles. The van der Waals surface area contributed by atoms with Crippen LogP contribution in [0.3, 0.4) is 0 Å². The number of carbonyl (C=O) groups is 3. The van der Waals surface area contributed by atoms with Gasteiger partial charge in [-0.15, -0.1) is 0 Å². The lowest BCUT2D eigenvalue weighted by Gasteiger charge is -2.05. The number of rotatable bonds is 6. The Bertz CT molecular complexity index is 548. The summed E-state index contributed by atoms with van der Waals surface area (Å²) in [6.45, 7) is 7.11. The highest BCUT2D eigenvalue weighted by molar-refractivity contribution is 5.99. The van der Waals surface area contributed by atoms with E-state index in [9.17, 15) is 14.4 Å². The fraction of sp³-hybridized carbons (Fsp3) is 0.500. The molecule has 0 atom stereocenters. The number of aromatic nitrogens is 1. The van der Waals surface area contributed by atoms with E-state index in [4.69, 9.17) is 9.47 Å². The van der Waals surface area contributed by atoms with Crippen molar-refractivity contribution in [3.05, 3.63) is 22.5 Å². The van der Waals surface area contributed by atoms with Gasteiger partial charge in [-0.05, 0) is 33.3 Å². The van der Waals surface area contributed by atoms with Crippen molar-refractivity contribution >= 4 is 17.8 Å². The number of esters is 2. The monoisotopic (exact) mass is 296 g/mol. The minimum Gasteiger partial charge on any atom is -0.462 e. The SMILES string of the molecule is CCNC(=O)COC(=O)c1[nH]c(C)c(C(=O)OCC)c1C. The van der Waals surface area contributed by atoms with Crippen molar-refractivity contribution < 1.29 is 23.9 Å². The molecule has 7 heteroatoms. The molecule has 0 fully saturated rings. The summed E-state index contributed by atoms with van der Waals surface area (Å²) in [5.41, 5.74) is 1.45. The van der Waals surface area contributed by atoms with Gasteiger partial charge in [-0.2, -0.15) is 0 Å². The second-order valence-electron chi connectivity index (χ2n) is 4.38. The maximum atomic E-state index is 11.9. The predicted octanol–water partition coefficient (Wildman–Crippen LogP) is 1.10. The highest BCUT2D eigenvalue weighted by Gasteiger charge is 2.24. The first-order valence-corrected chi connectivity index (χ1v) is 6.72. The van der Waals surface area contributed by atoms with Crippen LogP contribution in [0.5, 0.6) is 0 Å². The molecule has 0 saturated carbocycles. The lowest BCUT2D eigenvalue weighted by atomic mass is 10.1.